The van der Waals surface area contributed by atoms with Crippen molar-refractivity contribution < 1.29 is 9.32 Å². The van der Waals surface area contributed by atoms with Gasteiger partial charge < -0.3 is 14.7 Å². The van der Waals surface area contributed by atoms with Crippen molar-refractivity contribution in [2.45, 2.75) is 38.5 Å². The number of anilines is 1. The predicted molar refractivity (Wildman–Crippen MR) is 102 cm³/mol. The minimum Gasteiger partial charge on any atom is -0.339 e. The monoisotopic (exact) mass is 381 g/mol. The molecular formula is C19H23N7O2. The topological polar surface area (TPSA) is 102 Å². The SMILES string of the molecule is CC(C)c1noc([C@H]2CCCN(C(=O)Nc3cccc(-n4cnnc4)c3)C2)n1. The van der Waals surface area contributed by atoms with Crippen LogP contribution in [-0.4, -0.2) is 48.9 Å². The van der Waals surface area contributed by atoms with Gasteiger partial charge in [-0.25, -0.2) is 4.79 Å². The first-order chi connectivity index (χ1) is 13.6. The van der Waals surface area contributed by atoms with E-state index in [9.17, 15) is 4.79 Å². The number of urea groups is 1. The van der Waals surface area contributed by atoms with E-state index in [1.807, 2.05) is 38.1 Å². The summed E-state index contributed by atoms with van der Waals surface area (Å²) in [5.41, 5.74) is 1.60. The normalized spacial score (nSPS) is 17.1. The van der Waals surface area contributed by atoms with E-state index in [1.54, 1.807) is 22.1 Å². The van der Waals surface area contributed by atoms with Crippen molar-refractivity contribution in [2.75, 3.05) is 18.4 Å². The van der Waals surface area contributed by atoms with Crippen LogP contribution < -0.4 is 5.32 Å². The number of nitrogens with one attached hydrogen (secondary N) is 1. The van der Waals surface area contributed by atoms with Gasteiger partial charge in [-0.1, -0.05) is 25.1 Å². The van der Waals surface area contributed by atoms with E-state index < -0.39 is 0 Å². The molecule has 9 nitrogen and oxygen atoms in total. The van der Waals surface area contributed by atoms with Crippen LogP contribution in [0.25, 0.3) is 5.69 Å². The van der Waals surface area contributed by atoms with Crippen LogP contribution in [0.2, 0.25) is 0 Å². The second-order valence-electron chi connectivity index (χ2n) is 7.28. The first kappa shape index (κ1) is 18.1. The average Bonchev–Trinajstić information content (AvgIpc) is 3.40. The lowest BCUT2D eigenvalue weighted by Gasteiger charge is -2.31. The standard InChI is InChI=1S/C19H23N7O2/c1-13(2)17-23-18(28-24-17)14-5-4-8-25(10-14)19(27)22-15-6-3-7-16(9-15)26-11-20-21-12-26/h3,6-7,9,11-14H,4-5,8,10H2,1-2H3,(H,22,27)/t14-/m0/s1. The minimum absolute atomic E-state index is 0.0721. The number of amides is 2. The van der Waals surface area contributed by atoms with E-state index >= 15 is 0 Å². The Bertz CT molecular complexity index is 935. The third-order valence-electron chi connectivity index (χ3n) is 4.85. The zero-order valence-corrected chi connectivity index (χ0v) is 15.9. The van der Waals surface area contributed by atoms with E-state index in [4.69, 9.17) is 4.52 Å². The van der Waals surface area contributed by atoms with Gasteiger partial charge in [0, 0.05) is 24.7 Å². The Morgan fingerprint density at radius 1 is 1.29 bits per heavy atom. The highest BCUT2D eigenvalue weighted by Crippen LogP contribution is 2.27. The molecule has 3 aromatic rings. The Balaban J connectivity index is 1.42. The average molecular weight is 381 g/mol. The molecule has 1 aliphatic heterocycles. The fraction of sp³-hybridized carbons (Fsp3) is 0.421. The molecule has 9 heteroatoms. The summed E-state index contributed by atoms with van der Waals surface area (Å²) >= 11 is 0. The zero-order chi connectivity index (χ0) is 19.5. The molecule has 1 atom stereocenters. The maximum absolute atomic E-state index is 12.8. The zero-order valence-electron chi connectivity index (χ0n) is 15.9. The van der Waals surface area contributed by atoms with Gasteiger partial charge in [-0.2, -0.15) is 4.98 Å². The summed E-state index contributed by atoms with van der Waals surface area (Å²) in [4.78, 5) is 19.1. The number of aromatic nitrogens is 5. The number of carbonyl (C=O) groups excluding carboxylic acids is 1. The number of nitrogens with zero attached hydrogens (tertiary/aromatic N) is 6. The fourth-order valence-electron chi connectivity index (χ4n) is 3.29. The highest BCUT2D eigenvalue weighted by molar-refractivity contribution is 5.89. The molecule has 0 spiro atoms. The molecule has 0 aliphatic carbocycles. The number of likely N-dealkylation sites (tertiary alicyclic amines) is 1. The summed E-state index contributed by atoms with van der Waals surface area (Å²) in [7, 11) is 0. The fourth-order valence-corrected chi connectivity index (χ4v) is 3.29. The van der Waals surface area contributed by atoms with Gasteiger partial charge in [-0.05, 0) is 31.0 Å². The Labute approximate surface area is 162 Å². The number of hydrogen-bond donors (Lipinski definition) is 1. The maximum Gasteiger partial charge on any atom is 0.321 e. The van der Waals surface area contributed by atoms with Crippen molar-refractivity contribution in [1.82, 2.24) is 29.8 Å². The molecule has 0 bridgehead atoms. The third kappa shape index (κ3) is 3.88. The Kier molecular flexibility index (Phi) is 5.05. The first-order valence-corrected chi connectivity index (χ1v) is 9.44. The van der Waals surface area contributed by atoms with Crippen LogP contribution in [0, 0.1) is 0 Å². The van der Waals surface area contributed by atoms with E-state index in [-0.39, 0.29) is 17.9 Å². The summed E-state index contributed by atoms with van der Waals surface area (Å²) in [5, 5.41) is 14.6. The van der Waals surface area contributed by atoms with Gasteiger partial charge in [0.05, 0.1) is 11.6 Å². The molecule has 0 radical (unpaired) electrons. The van der Waals surface area contributed by atoms with Crippen molar-refractivity contribution in [2.24, 2.45) is 0 Å². The molecule has 28 heavy (non-hydrogen) atoms. The molecule has 1 saturated heterocycles. The van der Waals surface area contributed by atoms with Crippen molar-refractivity contribution in [3.05, 3.63) is 48.6 Å². The van der Waals surface area contributed by atoms with Crippen LogP contribution in [0.4, 0.5) is 10.5 Å². The molecule has 1 N–H and O–H groups in total. The van der Waals surface area contributed by atoms with Crippen molar-refractivity contribution in [3.63, 3.8) is 0 Å². The smallest absolute Gasteiger partial charge is 0.321 e. The maximum atomic E-state index is 12.8. The second-order valence-corrected chi connectivity index (χ2v) is 7.28. The van der Waals surface area contributed by atoms with Gasteiger partial charge in [0.15, 0.2) is 5.82 Å². The number of carbonyl (C=O) groups is 1. The lowest BCUT2D eigenvalue weighted by atomic mass is 9.98. The van der Waals surface area contributed by atoms with Crippen LogP contribution in [0.1, 0.15) is 50.2 Å². The number of piperidine rings is 1. The third-order valence-corrected chi connectivity index (χ3v) is 4.85. The molecule has 3 heterocycles. The minimum atomic E-state index is -0.130. The molecule has 1 fully saturated rings. The second kappa shape index (κ2) is 7.79. The highest BCUT2D eigenvalue weighted by atomic mass is 16.5. The summed E-state index contributed by atoms with van der Waals surface area (Å²) in [6, 6.07) is 7.43. The van der Waals surface area contributed by atoms with Gasteiger partial charge in [0.2, 0.25) is 5.89 Å². The molecule has 0 saturated carbocycles. The van der Waals surface area contributed by atoms with Crippen molar-refractivity contribution in [1.29, 1.82) is 0 Å². The number of rotatable bonds is 4. The summed E-state index contributed by atoms with van der Waals surface area (Å²) < 4.78 is 7.22. The molecule has 4 rings (SSSR count). The molecule has 146 valence electrons. The summed E-state index contributed by atoms with van der Waals surface area (Å²) in [5.74, 6) is 1.62. The lowest BCUT2D eigenvalue weighted by molar-refractivity contribution is 0.184. The van der Waals surface area contributed by atoms with E-state index in [2.05, 4.69) is 25.7 Å². The predicted octanol–water partition coefficient (Wildman–Crippen LogP) is 3.19. The van der Waals surface area contributed by atoms with E-state index in [1.165, 1.54) is 0 Å². The van der Waals surface area contributed by atoms with Crippen LogP contribution in [-0.2, 0) is 0 Å². The molecule has 1 aromatic carbocycles. The largest absolute Gasteiger partial charge is 0.339 e. The molecule has 2 aromatic heterocycles. The number of hydrogen-bond acceptors (Lipinski definition) is 6. The van der Waals surface area contributed by atoms with Gasteiger partial charge in [0.1, 0.15) is 12.7 Å². The molecule has 0 unspecified atom stereocenters. The van der Waals surface area contributed by atoms with E-state index in [0.29, 0.717) is 24.8 Å². The van der Waals surface area contributed by atoms with Crippen molar-refractivity contribution in [3.8, 4) is 5.69 Å². The van der Waals surface area contributed by atoms with Crippen LogP contribution >= 0.6 is 0 Å². The Morgan fingerprint density at radius 3 is 2.86 bits per heavy atom. The molecule has 2 amide bonds. The lowest BCUT2D eigenvalue weighted by Crippen LogP contribution is -2.41. The van der Waals surface area contributed by atoms with Gasteiger partial charge in [-0.15, -0.1) is 10.2 Å². The molecule has 1 aliphatic rings. The van der Waals surface area contributed by atoms with Gasteiger partial charge >= 0.3 is 6.03 Å². The van der Waals surface area contributed by atoms with Crippen LogP contribution in [0.3, 0.4) is 0 Å². The van der Waals surface area contributed by atoms with Gasteiger partial charge in [0.25, 0.3) is 0 Å². The first-order valence-electron chi connectivity index (χ1n) is 9.44. The van der Waals surface area contributed by atoms with Gasteiger partial charge in [-0.3, -0.25) is 4.57 Å². The number of benzene rings is 1. The van der Waals surface area contributed by atoms with E-state index in [0.717, 1.165) is 24.2 Å². The van der Waals surface area contributed by atoms with Crippen molar-refractivity contribution >= 4 is 11.7 Å². The quantitative estimate of drug-likeness (QED) is 0.745. The Hall–Kier alpha value is -3.23. The summed E-state index contributed by atoms with van der Waals surface area (Å²) in [6.45, 7) is 5.34. The van der Waals surface area contributed by atoms with Crippen LogP contribution in [0.5, 0.6) is 0 Å². The van der Waals surface area contributed by atoms with Crippen LogP contribution in [0.15, 0.2) is 41.4 Å². The highest BCUT2D eigenvalue weighted by Gasteiger charge is 2.29. The molecular weight excluding hydrogens is 358 g/mol. The Morgan fingerprint density at radius 2 is 2.11 bits per heavy atom. The summed E-state index contributed by atoms with van der Waals surface area (Å²) in [6.07, 6.45) is 5.07.